The van der Waals surface area contributed by atoms with Gasteiger partial charge in [-0.2, -0.15) is 0 Å². The van der Waals surface area contributed by atoms with E-state index in [-0.39, 0.29) is 12.3 Å². The first-order valence-corrected chi connectivity index (χ1v) is 6.90. The van der Waals surface area contributed by atoms with Crippen molar-refractivity contribution in [2.75, 3.05) is 5.32 Å². The molecule has 1 heterocycles. The number of aromatic nitrogens is 1. The molecule has 0 saturated heterocycles. The van der Waals surface area contributed by atoms with Crippen LogP contribution in [0.4, 0.5) is 5.69 Å². The van der Waals surface area contributed by atoms with E-state index >= 15 is 0 Å². The monoisotopic (exact) mass is 300 g/mol. The Bertz CT molecular complexity index is 811. The van der Waals surface area contributed by atoms with E-state index < -0.39 is 0 Å². The van der Waals surface area contributed by atoms with Crippen molar-refractivity contribution in [2.45, 2.75) is 13.3 Å². The minimum Gasteiger partial charge on any atom is -0.356 e. The normalized spacial score (nSPS) is 10.8. The molecule has 0 unspecified atom stereocenters. The van der Waals surface area contributed by atoms with E-state index in [0.717, 1.165) is 10.9 Å². The first kappa shape index (κ1) is 13.6. The van der Waals surface area contributed by atoms with E-state index in [0.29, 0.717) is 22.0 Å². The lowest BCUT2D eigenvalue weighted by Gasteiger charge is -2.05. The van der Waals surface area contributed by atoms with Gasteiger partial charge in [0.2, 0.25) is 5.91 Å². The number of carbonyl (C=O) groups excluding carboxylic acids is 1. The van der Waals surface area contributed by atoms with Crippen molar-refractivity contribution >= 4 is 34.2 Å². The molecule has 0 radical (unpaired) electrons. The molecule has 3 aromatic rings. The molecule has 3 rings (SSSR count). The lowest BCUT2D eigenvalue weighted by atomic mass is 10.1. The van der Waals surface area contributed by atoms with Crippen molar-refractivity contribution in [2.24, 2.45) is 0 Å². The molecule has 4 nitrogen and oxygen atoms in total. The smallest absolute Gasteiger partial charge is 0.230 e. The van der Waals surface area contributed by atoms with Gasteiger partial charge in [0.15, 0.2) is 5.58 Å². The van der Waals surface area contributed by atoms with Crippen LogP contribution in [0.1, 0.15) is 11.3 Å². The third-order valence-electron chi connectivity index (χ3n) is 3.18. The van der Waals surface area contributed by atoms with Gasteiger partial charge in [0.05, 0.1) is 17.1 Å². The largest absolute Gasteiger partial charge is 0.356 e. The molecule has 0 atom stereocenters. The fraction of sp³-hybridized carbons (Fsp3) is 0.125. The molecule has 5 heteroatoms. The Labute approximate surface area is 126 Å². The summed E-state index contributed by atoms with van der Waals surface area (Å²) in [6.07, 6.45) is 0.141. The summed E-state index contributed by atoms with van der Waals surface area (Å²) in [5, 5.41) is 8.12. The Morgan fingerprint density at radius 1 is 1.29 bits per heavy atom. The predicted molar refractivity (Wildman–Crippen MR) is 82.5 cm³/mol. The quantitative estimate of drug-likeness (QED) is 0.796. The zero-order valence-electron chi connectivity index (χ0n) is 11.4. The predicted octanol–water partition coefficient (Wildman–Crippen LogP) is 3.97. The van der Waals surface area contributed by atoms with Crippen LogP contribution in [0.25, 0.3) is 11.0 Å². The van der Waals surface area contributed by atoms with E-state index in [9.17, 15) is 4.79 Å². The lowest BCUT2D eigenvalue weighted by molar-refractivity contribution is -0.115. The van der Waals surface area contributed by atoms with Gasteiger partial charge < -0.3 is 9.84 Å². The summed E-state index contributed by atoms with van der Waals surface area (Å²) in [5.74, 6) is -0.181. The summed E-state index contributed by atoms with van der Waals surface area (Å²) >= 11 is 6.02. The number of halogens is 1. The van der Waals surface area contributed by atoms with Crippen LogP contribution in [0.2, 0.25) is 5.02 Å². The molecular weight excluding hydrogens is 288 g/mol. The molecule has 1 amide bonds. The van der Waals surface area contributed by atoms with Crippen LogP contribution in [0.3, 0.4) is 0 Å². The number of nitrogens with zero attached hydrogens (tertiary/aromatic N) is 1. The lowest BCUT2D eigenvalue weighted by Crippen LogP contribution is -2.15. The van der Waals surface area contributed by atoms with E-state index in [4.69, 9.17) is 16.1 Å². The third-order valence-corrected chi connectivity index (χ3v) is 3.51. The van der Waals surface area contributed by atoms with Gasteiger partial charge in [-0.1, -0.05) is 40.5 Å². The fourth-order valence-corrected chi connectivity index (χ4v) is 2.32. The maximum Gasteiger partial charge on any atom is 0.230 e. The van der Waals surface area contributed by atoms with Gasteiger partial charge in [-0.15, -0.1) is 0 Å². The number of rotatable bonds is 3. The van der Waals surface area contributed by atoms with E-state index in [1.807, 2.05) is 37.3 Å². The first-order valence-electron chi connectivity index (χ1n) is 6.53. The van der Waals surface area contributed by atoms with E-state index in [2.05, 4.69) is 10.5 Å². The summed E-state index contributed by atoms with van der Waals surface area (Å²) in [5.41, 5.74) is 2.99. The summed E-state index contributed by atoms with van der Waals surface area (Å²) < 4.78 is 5.22. The molecule has 106 valence electrons. The molecule has 0 bridgehead atoms. The second-order valence-electron chi connectivity index (χ2n) is 4.83. The average Bonchev–Trinajstić information content (AvgIpc) is 2.84. The summed E-state index contributed by atoms with van der Waals surface area (Å²) in [6, 6.07) is 12.9. The highest BCUT2D eigenvalue weighted by molar-refractivity contribution is 6.33. The van der Waals surface area contributed by atoms with Crippen LogP contribution in [-0.4, -0.2) is 11.1 Å². The van der Waals surface area contributed by atoms with Crippen LogP contribution in [0.5, 0.6) is 0 Å². The van der Waals surface area contributed by atoms with Crippen LogP contribution in [0.15, 0.2) is 47.0 Å². The third kappa shape index (κ3) is 2.90. The molecule has 2 aromatic carbocycles. The van der Waals surface area contributed by atoms with Crippen LogP contribution in [0, 0.1) is 6.92 Å². The van der Waals surface area contributed by atoms with Gasteiger partial charge in [0, 0.05) is 5.39 Å². The zero-order valence-corrected chi connectivity index (χ0v) is 12.1. The SMILES string of the molecule is Cc1ccc2onc(CC(=O)Nc3ccccc3Cl)c2c1. The van der Waals surface area contributed by atoms with Crippen LogP contribution < -0.4 is 5.32 Å². The van der Waals surface area contributed by atoms with Gasteiger partial charge in [-0.05, 0) is 31.2 Å². The number of fused-ring (bicyclic) bond motifs is 1. The average molecular weight is 301 g/mol. The number of hydrogen-bond donors (Lipinski definition) is 1. The standard InChI is InChI=1S/C16H13ClN2O2/c1-10-6-7-15-11(8-10)14(19-21-15)9-16(20)18-13-5-3-2-4-12(13)17/h2-8H,9H2,1H3,(H,18,20). The number of aryl methyl sites for hydroxylation is 1. The minimum atomic E-state index is -0.181. The Kier molecular flexibility index (Phi) is 3.62. The Morgan fingerprint density at radius 3 is 2.90 bits per heavy atom. The minimum absolute atomic E-state index is 0.141. The van der Waals surface area contributed by atoms with Gasteiger partial charge >= 0.3 is 0 Å². The fourth-order valence-electron chi connectivity index (χ4n) is 2.14. The number of para-hydroxylation sites is 1. The number of hydrogen-bond acceptors (Lipinski definition) is 3. The highest BCUT2D eigenvalue weighted by Gasteiger charge is 2.13. The second-order valence-corrected chi connectivity index (χ2v) is 5.24. The van der Waals surface area contributed by atoms with Crippen molar-refractivity contribution in [3.8, 4) is 0 Å². The van der Waals surface area contributed by atoms with Gasteiger partial charge in [0.1, 0.15) is 5.69 Å². The van der Waals surface area contributed by atoms with Crippen molar-refractivity contribution in [1.29, 1.82) is 0 Å². The number of benzene rings is 2. The van der Waals surface area contributed by atoms with E-state index in [1.54, 1.807) is 12.1 Å². The second kappa shape index (κ2) is 5.58. The zero-order chi connectivity index (χ0) is 14.8. The Balaban J connectivity index is 1.80. The molecule has 21 heavy (non-hydrogen) atoms. The maximum absolute atomic E-state index is 12.1. The molecule has 0 aliphatic carbocycles. The van der Waals surface area contributed by atoms with Crippen molar-refractivity contribution < 1.29 is 9.32 Å². The maximum atomic E-state index is 12.1. The Morgan fingerprint density at radius 2 is 2.10 bits per heavy atom. The van der Waals surface area contributed by atoms with Gasteiger partial charge in [-0.25, -0.2) is 0 Å². The number of nitrogens with one attached hydrogen (secondary N) is 1. The molecular formula is C16H13ClN2O2. The summed E-state index contributed by atoms with van der Waals surface area (Å²) in [7, 11) is 0. The molecule has 0 saturated carbocycles. The molecule has 0 fully saturated rings. The number of amides is 1. The van der Waals surface area contributed by atoms with Crippen molar-refractivity contribution in [3.63, 3.8) is 0 Å². The molecule has 0 spiro atoms. The molecule has 1 N–H and O–H groups in total. The van der Waals surface area contributed by atoms with Crippen molar-refractivity contribution in [3.05, 3.63) is 58.7 Å². The van der Waals surface area contributed by atoms with Crippen LogP contribution in [-0.2, 0) is 11.2 Å². The van der Waals surface area contributed by atoms with E-state index in [1.165, 1.54) is 0 Å². The molecule has 0 aliphatic heterocycles. The van der Waals surface area contributed by atoms with Crippen molar-refractivity contribution in [1.82, 2.24) is 5.16 Å². The van der Waals surface area contributed by atoms with Gasteiger partial charge in [-0.3, -0.25) is 4.79 Å². The highest BCUT2D eigenvalue weighted by Crippen LogP contribution is 2.22. The summed E-state index contributed by atoms with van der Waals surface area (Å²) in [6.45, 7) is 1.99. The topological polar surface area (TPSA) is 55.1 Å². The van der Waals surface area contributed by atoms with Gasteiger partial charge in [0.25, 0.3) is 0 Å². The summed E-state index contributed by atoms with van der Waals surface area (Å²) in [4.78, 5) is 12.1. The highest BCUT2D eigenvalue weighted by atomic mass is 35.5. The number of carbonyl (C=O) groups is 1. The number of anilines is 1. The molecule has 1 aromatic heterocycles. The van der Waals surface area contributed by atoms with Crippen LogP contribution >= 0.6 is 11.6 Å². The molecule has 0 aliphatic rings. The Hall–Kier alpha value is -2.33. The first-order chi connectivity index (χ1) is 10.1.